The molecule has 37 heavy (non-hydrogen) atoms. The quantitative estimate of drug-likeness (QED) is 0.467. The van der Waals surface area contributed by atoms with Gasteiger partial charge in [-0.3, -0.25) is 14.4 Å². The fourth-order valence-electron chi connectivity index (χ4n) is 6.26. The van der Waals surface area contributed by atoms with Gasteiger partial charge in [0.1, 0.15) is 11.8 Å². The van der Waals surface area contributed by atoms with Crippen molar-refractivity contribution in [1.82, 2.24) is 4.90 Å². The minimum atomic E-state index is -0.830. The zero-order valence-corrected chi connectivity index (χ0v) is 22.3. The number of amides is 3. The number of β-amino-alcohol motifs (C(OH)–C–C–N with tert-alkyl or cyclic N) is 1. The molecule has 0 aliphatic carbocycles. The van der Waals surface area contributed by atoms with E-state index in [1.807, 2.05) is 13.8 Å². The van der Waals surface area contributed by atoms with Gasteiger partial charge in [0.15, 0.2) is 0 Å². The number of hydrogen-bond acceptors (Lipinski definition) is 6. The number of ether oxygens (including phenoxy) is 1. The lowest BCUT2D eigenvalue weighted by atomic mass is 9.66. The zero-order chi connectivity index (χ0) is 26.4. The number of thioether (sulfide) groups is 1. The van der Waals surface area contributed by atoms with Crippen LogP contribution >= 0.6 is 23.4 Å². The summed E-state index contributed by atoms with van der Waals surface area (Å²) in [5.41, 5.74) is 1.07. The van der Waals surface area contributed by atoms with E-state index in [0.717, 1.165) is 0 Å². The molecule has 2 aromatic carbocycles. The van der Waals surface area contributed by atoms with E-state index in [2.05, 4.69) is 10.6 Å². The van der Waals surface area contributed by atoms with Crippen molar-refractivity contribution in [3.63, 3.8) is 0 Å². The third kappa shape index (κ3) is 4.27. The van der Waals surface area contributed by atoms with Gasteiger partial charge in [0, 0.05) is 17.0 Å². The molecule has 3 saturated heterocycles. The number of nitrogens with one attached hydrogen (secondary N) is 2. The first-order chi connectivity index (χ1) is 17.7. The second-order valence-corrected chi connectivity index (χ2v) is 12.2. The Bertz CT molecular complexity index is 1230. The van der Waals surface area contributed by atoms with Crippen LogP contribution in [0.4, 0.5) is 11.4 Å². The smallest absolute Gasteiger partial charge is 0.248 e. The first-order valence-electron chi connectivity index (χ1n) is 12.4. The van der Waals surface area contributed by atoms with Gasteiger partial charge in [0.2, 0.25) is 17.7 Å². The highest BCUT2D eigenvalue weighted by Crippen LogP contribution is 2.71. The topological polar surface area (TPSA) is 108 Å². The lowest BCUT2D eigenvalue weighted by Gasteiger charge is -2.34. The molecule has 2 bridgehead atoms. The van der Waals surface area contributed by atoms with Crippen molar-refractivity contribution in [2.24, 2.45) is 11.8 Å². The maximum Gasteiger partial charge on any atom is 0.248 e. The Morgan fingerprint density at radius 2 is 1.86 bits per heavy atom. The first kappa shape index (κ1) is 25.9. The van der Waals surface area contributed by atoms with Gasteiger partial charge in [-0.2, -0.15) is 0 Å². The Hall–Kier alpha value is -2.75. The summed E-state index contributed by atoms with van der Waals surface area (Å²) in [6, 6.07) is 13.2. The number of hydrogen-bond donors (Lipinski definition) is 3. The summed E-state index contributed by atoms with van der Waals surface area (Å²) in [6.45, 7) is 4.20. The molecule has 3 aliphatic rings. The van der Waals surface area contributed by atoms with Gasteiger partial charge in [-0.05, 0) is 63.1 Å². The number of anilines is 2. The number of aliphatic hydroxyl groups is 1. The van der Waals surface area contributed by atoms with E-state index in [1.165, 1.54) is 4.90 Å². The van der Waals surface area contributed by atoms with Crippen LogP contribution in [-0.4, -0.2) is 63.0 Å². The van der Waals surface area contributed by atoms with E-state index >= 15 is 0 Å². The SMILES string of the molecule is CCOc1ccc(NC(=O)[C@H]2[C@H]3C(=O)N(CCO)C(C(=O)Nc4ccccc4Cl)C34CC[C@]2(C)S4)cc1. The molecule has 196 valence electrons. The van der Waals surface area contributed by atoms with Gasteiger partial charge in [-0.15, -0.1) is 11.8 Å². The summed E-state index contributed by atoms with van der Waals surface area (Å²) in [4.78, 5) is 42.7. The average Bonchev–Trinajstić information content (AvgIpc) is 3.43. The number of benzene rings is 2. The third-order valence-corrected chi connectivity index (χ3v) is 10.0. The number of carbonyl (C=O) groups excluding carboxylic acids is 3. The standard InChI is InChI=1S/C27H30ClN3O5S/c1-3-36-17-10-8-16(9-11-17)29-23(33)20-21-25(35)31(14-15-32)22(27(21)13-12-26(20,2)37-27)24(34)30-19-7-5-4-6-18(19)28/h4-11,20-22,32H,3,12-15H2,1-2H3,(H,29,33)(H,30,34)/t20-,21+,22?,26+,27?/m1/s1. The van der Waals surface area contributed by atoms with Crippen molar-refractivity contribution in [3.05, 3.63) is 53.6 Å². The van der Waals surface area contributed by atoms with Gasteiger partial charge >= 0.3 is 0 Å². The minimum absolute atomic E-state index is 0.0161. The third-order valence-electron chi connectivity index (χ3n) is 7.71. The van der Waals surface area contributed by atoms with Crippen LogP contribution in [0.3, 0.4) is 0 Å². The monoisotopic (exact) mass is 543 g/mol. The van der Waals surface area contributed by atoms with Gasteiger partial charge in [0.05, 0.1) is 40.5 Å². The highest BCUT2D eigenvalue weighted by molar-refractivity contribution is 8.02. The molecule has 3 N–H and O–H groups in total. The van der Waals surface area contributed by atoms with Crippen molar-refractivity contribution < 1.29 is 24.2 Å². The average molecular weight is 544 g/mol. The van der Waals surface area contributed by atoms with E-state index in [-0.39, 0.29) is 30.9 Å². The molecule has 3 heterocycles. The molecule has 8 nitrogen and oxygen atoms in total. The number of likely N-dealkylation sites (tertiary alicyclic amines) is 1. The van der Waals surface area contributed by atoms with Gasteiger partial charge < -0.3 is 25.4 Å². The molecule has 0 saturated carbocycles. The van der Waals surface area contributed by atoms with E-state index in [9.17, 15) is 19.5 Å². The Labute approximate surface area is 225 Å². The van der Waals surface area contributed by atoms with Crippen LogP contribution in [0, 0.1) is 11.8 Å². The number of carbonyl (C=O) groups is 3. The minimum Gasteiger partial charge on any atom is -0.494 e. The lowest BCUT2D eigenvalue weighted by Crippen LogP contribution is -2.52. The molecule has 10 heteroatoms. The van der Waals surface area contributed by atoms with E-state index in [0.29, 0.717) is 41.6 Å². The summed E-state index contributed by atoms with van der Waals surface area (Å²) in [7, 11) is 0. The fourth-order valence-corrected chi connectivity index (χ4v) is 8.80. The van der Waals surface area contributed by atoms with Crippen LogP contribution in [0.25, 0.3) is 0 Å². The molecule has 3 amide bonds. The van der Waals surface area contributed by atoms with Gasteiger partial charge in [-0.25, -0.2) is 0 Å². The van der Waals surface area contributed by atoms with E-state index < -0.39 is 27.4 Å². The van der Waals surface area contributed by atoms with E-state index in [1.54, 1.807) is 60.3 Å². The largest absolute Gasteiger partial charge is 0.494 e. The Morgan fingerprint density at radius 1 is 1.14 bits per heavy atom. The van der Waals surface area contributed by atoms with Crippen LogP contribution < -0.4 is 15.4 Å². The fraction of sp³-hybridized carbons (Fsp3) is 0.444. The summed E-state index contributed by atoms with van der Waals surface area (Å²) in [5, 5.41) is 16.0. The summed E-state index contributed by atoms with van der Waals surface area (Å²) in [5.74, 6) is -1.45. The van der Waals surface area contributed by atoms with Crippen LogP contribution in [0.1, 0.15) is 26.7 Å². The molecule has 0 aromatic heterocycles. The van der Waals surface area contributed by atoms with Crippen molar-refractivity contribution in [2.75, 3.05) is 30.4 Å². The summed E-state index contributed by atoms with van der Waals surface area (Å²) >= 11 is 7.85. The summed E-state index contributed by atoms with van der Waals surface area (Å²) in [6.07, 6.45) is 1.32. The number of nitrogens with zero attached hydrogens (tertiary/aromatic N) is 1. The lowest BCUT2D eigenvalue weighted by molar-refractivity contribution is -0.139. The van der Waals surface area contributed by atoms with Crippen molar-refractivity contribution in [1.29, 1.82) is 0 Å². The second-order valence-electron chi connectivity index (χ2n) is 9.90. The molecule has 2 aromatic rings. The molecule has 1 spiro atoms. The Kier molecular flexibility index (Phi) is 6.89. The normalized spacial score (nSPS) is 29.8. The van der Waals surface area contributed by atoms with Crippen molar-refractivity contribution >= 4 is 52.5 Å². The Balaban J connectivity index is 1.45. The number of fused-ring (bicyclic) bond motifs is 1. The molecular weight excluding hydrogens is 514 g/mol. The molecule has 0 radical (unpaired) electrons. The molecule has 5 rings (SSSR count). The predicted octanol–water partition coefficient (Wildman–Crippen LogP) is 3.79. The maximum atomic E-state index is 13.8. The molecule has 5 atom stereocenters. The van der Waals surface area contributed by atoms with Gasteiger partial charge in [-0.1, -0.05) is 23.7 Å². The number of aliphatic hydroxyl groups excluding tert-OH is 1. The second kappa shape index (κ2) is 9.85. The summed E-state index contributed by atoms with van der Waals surface area (Å²) < 4.78 is 4.21. The first-order valence-corrected chi connectivity index (χ1v) is 13.6. The van der Waals surface area contributed by atoms with Crippen molar-refractivity contribution in [3.8, 4) is 5.75 Å². The predicted molar refractivity (Wildman–Crippen MR) is 144 cm³/mol. The molecule has 2 unspecified atom stereocenters. The molecule has 3 aliphatic heterocycles. The molecular formula is C27H30ClN3O5S. The van der Waals surface area contributed by atoms with E-state index in [4.69, 9.17) is 16.3 Å². The van der Waals surface area contributed by atoms with Crippen LogP contribution in [-0.2, 0) is 14.4 Å². The van der Waals surface area contributed by atoms with Crippen LogP contribution in [0.2, 0.25) is 5.02 Å². The number of halogens is 1. The van der Waals surface area contributed by atoms with Crippen LogP contribution in [0.15, 0.2) is 48.5 Å². The Morgan fingerprint density at radius 3 is 2.54 bits per heavy atom. The highest BCUT2D eigenvalue weighted by Gasteiger charge is 2.77. The highest BCUT2D eigenvalue weighted by atomic mass is 35.5. The maximum absolute atomic E-state index is 13.8. The van der Waals surface area contributed by atoms with Gasteiger partial charge in [0.25, 0.3) is 0 Å². The zero-order valence-electron chi connectivity index (χ0n) is 20.7. The number of para-hydroxylation sites is 1. The number of rotatable bonds is 8. The molecule has 3 fully saturated rings. The van der Waals surface area contributed by atoms with Crippen molar-refractivity contribution in [2.45, 2.75) is 42.2 Å². The van der Waals surface area contributed by atoms with Crippen LogP contribution in [0.5, 0.6) is 5.75 Å².